The van der Waals surface area contributed by atoms with E-state index in [2.05, 4.69) is 58.9 Å². The number of amides is 1. The minimum absolute atomic E-state index is 0.0903. The van der Waals surface area contributed by atoms with Gasteiger partial charge in [-0.25, -0.2) is 15.0 Å². The highest BCUT2D eigenvalue weighted by Gasteiger charge is 2.41. The molecule has 0 unspecified atom stereocenters. The molecule has 0 radical (unpaired) electrons. The molecular weight excluding hydrogens is 599 g/mol. The van der Waals surface area contributed by atoms with Crippen molar-refractivity contribution in [3.05, 3.63) is 36.4 Å². The van der Waals surface area contributed by atoms with Gasteiger partial charge in [-0.3, -0.25) is 4.79 Å². The predicted molar refractivity (Wildman–Crippen MR) is 174 cm³/mol. The van der Waals surface area contributed by atoms with Crippen molar-refractivity contribution in [3.63, 3.8) is 0 Å². The van der Waals surface area contributed by atoms with E-state index in [1.807, 2.05) is 6.07 Å². The maximum atomic E-state index is 13.5. The maximum Gasteiger partial charge on any atom is 0.277 e. The molecule has 44 heavy (non-hydrogen) atoms. The molecule has 6 rings (SSSR count). The Labute approximate surface area is 261 Å². The Morgan fingerprint density at radius 1 is 1.11 bits per heavy atom. The quantitative estimate of drug-likeness (QED) is 0.248. The Balaban J connectivity index is 1.28. The van der Waals surface area contributed by atoms with Gasteiger partial charge >= 0.3 is 0 Å². The number of pyridine rings is 2. The molecule has 1 atom stereocenters. The van der Waals surface area contributed by atoms with Crippen molar-refractivity contribution in [1.82, 2.24) is 19.9 Å². The Bertz CT molecular complexity index is 1630. The Kier molecular flexibility index (Phi) is 8.35. The molecule has 0 bridgehead atoms. The number of morpholine rings is 1. The van der Waals surface area contributed by atoms with Gasteiger partial charge in [0, 0.05) is 38.4 Å². The fraction of sp³-hybridized carbons (Fsp3) is 0.500. The van der Waals surface area contributed by atoms with E-state index < -0.39 is 14.2 Å². The number of carbonyl (C=O) groups is 1. The average Bonchev–Trinajstić information content (AvgIpc) is 3.76. The van der Waals surface area contributed by atoms with Gasteiger partial charge in [0.2, 0.25) is 11.8 Å². The highest BCUT2D eigenvalue weighted by Crippen LogP contribution is 2.40. The number of aromatic nitrogens is 4. The van der Waals surface area contributed by atoms with Crippen LogP contribution in [-0.4, -0.2) is 86.8 Å². The molecule has 234 valence electrons. The van der Waals surface area contributed by atoms with Crippen LogP contribution in [0.5, 0.6) is 5.88 Å². The average molecular weight is 638 g/mol. The van der Waals surface area contributed by atoms with Gasteiger partial charge in [-0.1, -0.05) is 32.1 Å². The van der Waals surface area contributed by atoms with Crippen molar-refractivity contribution in [1.29, 1.82) is 0 Å². The Morgan fingerprint density at radius 2 is 1.91 bits per heavy atom. The van der Waals surface area contributed by atoms with E-state index in [0.717, 1.165) is 35.9 Å². The first kappa shape index (κ1) is 30.4. The van der Waals surface area contributed by atoms with Crippen molar-refractivity contribution >= 4 is 52.5 Å². The molecule has 0 spiro atoms. The summed E-state index contributed by atoms with van der Waals surface area (Å²) in [5.41, 5.74) is 2.05. The minimum Gasteiger partial charge on any atom is -0.481 e. The molecule has 0 aromatic carbocycles. The van der Waals surface area contributed by atoms with Gasteiger partial charge < -0.3 is 33.4 Å². The molecule has 2 saturated heterocycles. The zero-order chi connectivity index (χ0) is 31.1. The summed E-state index contributed by atoms with van der Waals surface area (Å²) < 4.78 is 23.9. The summed E-state index contributed by atoms with van der Waals surface area (Å²) in [7, 11) is -0.397. The summed E-state index contributed by atoms with van der Waals surface area (Å²) in [4.78, 5) is 36.4. The molecule has 4 aromatic heterocycles. The molecule has 6 heterocycles. The molecule has 0 aliphatic carbocycles. The highest BCUT2D eigenvalue weighted by atomic mass is 32.1. The summed E-state index contributed by atoms with van der Waals surface area (Å²) in [5, 5.41) is 4.09. The smallest absolute Gasteiger partial charge is 0.277 e. The standard InChI is InChI=1S/C30H39N7O5SSi/c1-30(2,3)44(5,6)42-20-9-10-37(17-20)26-21(15-23-25(34-26)35-29(43-23)36-11-13-40-14-12-36)32-27(38)22-18-41-28(33-22)19-7-8-24(39-4)31-16-19/h7-8,15-16,18,20H,9-14,17H2,1-6H3,(H,32,38)/t20-/m0/s1. The predicted octanol–water partition coefficient (Wildman–Crippen LogP) is 5.44. The molecule has 12 nitrogen and oxygen atoms in total. The van der Waals surface area contributed by atoms with Crippen LogP contribution in [0.15, 0.2) is 35.1 Å². The third kappa shape index (κ3) is 6.29. The van der Waals surface area contributed by atoms with E-state index in [-0.39, 0.29) is 16.8 Å². The van der Waals surface area contributed by atoms with Crippen LogP contribution in [0, 0.1) is 0 Å². The number of rotatable bonds is 8. The van der Waals surface area contributed by atoms with Gasteiger partial charge in [0.1, 0.15) is 6.26 Å². The number of hydrogen-bond donors (Lipinski definition) is 1. The first-order chi connectivity index (χ1) is 21.0. The summed E-state index contributed by atoms with van der Waals surface area (Å²) >= 11 is 1.56. The monoisotopic (exact) mass is 637 g/mol. The second-order valence-electron chi connectivity index (χ2n) is 12.6. The number of ether oxygens (including phenoxy) is 2. The number of carbonyl (C=O) groups excluding carboxylic acids is 1. The van der Waals surface area contributed by atoms with Crippen LogP contribution in [0.3, 0.4) is 0 Å². The lowest BCUT2D eigenvalue weighted by Gasteiger charge is -2.38. The zero-order valence-electron chi connectivity index (χ0n) is 26.0. The van der Waals surface area contributed by atoms with Crippen LogP contribution in [0.2, 0.25) is 18.1 Å². The number of anilines is 3. The van der Waals surface area contributed by atoms with Gasteiger partial charge in [-0.2, -0.15) is 4.98 Å². The lowest BCUT2D eigenvalue weighted by Crippen LogP contribution is -2.44. The lowest BCUT2D eigenvalue weighted by molar-refractivity contribution is 0.102. The molecule has 2 aliphatic rings. The largest absolute Gasteiger partial charge is 0.481 e. The van der Waals surface area contributed by atoms with Crippen LogP contribution >= 0.6 is 11.3 Å². The third-order valence-electron chi connectivity index (χ3n) is 8.52. The molecule has 1 N–H and O–H groups in total. The van der Waals surface area contributed by atoms with E-state index in [4.69, 9.17) is 28.3 Å². The highest BCUT2D eigenvalue weighted by molar-refractivity contribution is 7.22. The zero-order valence-corrected chi connectivity index (χ0v) is 27.9. The van der Waals surface area contributed by atoms with Crippen LogP contribution in [0.25, 0.3) is 21.8 Å². The van der Waals surface area contributed by atoms with Gasteiger partial charge in [-0.15, -0.1) is 0 Å². The molecule has 1 amide bonds. The summed E-state index contributed by atoms with van der Waals surface area (Å²) in [6.07, 6.45) is 3.92. The first-order valence-electron chi connectivity index (χ1n) is 14.8. The lowest BCUT2D eigenvalue weighted by atomic mass is 10.2. The molecule has 14 heteroatoms. The van der Waals surface area contributed by atoms with Gasteiger partial charge in [0.25, 0.3) is 5.91 Å². The number of nitrogens with zero attached hydrogens (tertiary/aromatic N) is 6. The van der Waals surface area contributed by atoms with E-state index >= 15 is 0 Å². The Morgan fingerprint density at radius 3 is 2.61 bits per heavy atom. The minimum atomic E-state index is -1.95. The van der Waals surface area contributed by atoms with E-state index in [1.54, 1.807) is 36.8 Å². The number of fused-ring (bicyclic) bond motifs is 1. The van der Waals surface area contributed by atoms with Crippen LogP contribution in [-0.2, 0) is 9.16 Å². The van der Waals surface area contributed by atoms with E-state index in [9.17, 15) is 4.79 Å². The molecule has 2 fully saturated rings. The van der Waals surface area contributed by atoms with E-state index in [0.29, 0.717) is 54.2 Å². The summed E-state index contributed by atoms with van der Waals surface area (Å²) in [6, 6.07) is 5.46. The maximum absolute atomic E-state index is 13.5. The summed E-state index contributed by atoms with van der Waals surface area (Å²) in [5.74, 6) is 1.05. The fourth-order valence-corrected chi connectivity index (χ4v) is 7.38. The first-order valence-corrected chi connectivity index (χ1v) is 18.6. The van der Waals surface area contributed by atoms with Gasteiger partial charge in [0.15, 0.2) is 30.6 Å². The summed E-state index contributed by atoms with van der Waals surface area (Å²) in [6.45, 7) is 15.7. The SMILES string of the molecule is COc1ccc(-c2nc(C(=O)Nc3cc4sc(N5CCOCC5)nc4nc3N3CC[C@H](O[Si](C)(C)C(C)(C)C)C3)co2)cn1. The normalized spacial score (nSPS) is 17.8. The van der Waals surface area contributed by atoms with Crippen molar-refractivity contribution in [3.8, 4) is 17.3 Å². The van der Waals surface area contributed by atoms with Crippen molar-refractivity contribution in [2.75, 3.05) is 61.6 Å². The number of thiazole rings is 1. The number of methoxy groups -OCH3 is 1. The number of hydrogen-bond acceptors (Lipinski definition) is 12. The third-order valence-corrected chi connectivity index (χ3v) is 14.1. The molecular formula is C30H39N7O5SSi. The molecule has 0 saturated carbocycles. The Hall–Kier alpha value is -3.59. The van der Waals surface area contributed by atoms with Crippen molar-refractivity contribution < 1.29 is 23.1 Å². The van der Waals surface area contributed by atoms with Crippen LogP contribution in [0.4, 0.5) is 16.6 Å². The molecule has 2 aliphatic heterocycles. The number of nitrogens with one attached hydrogen (secondary N) is 1. The van der Waals surface area contributed by atoms with Crippen LogP contribution < -0.4 is 19.9 Å². The van der Waals surface area contributed by atoms with Crippen LogP contribution in [0.1, 0.15) is 37.7 Å². The fourth-order valence-electron chi connectivity index (χ4n) is 5.00. The number of oxazole rings is 1. The van der Waals surface area contributed by atoms with Gasteiger partial charge in [0.05, 0.1) is 42.4 Å². The second-order valence-corrected chi connectivity index (χ2v) is 18.4. The van der Waals surface area contributed by atoms with Crippen molar-refractivity contribution in [2.24, 2.45) is 0 Å². The van der Waals surface area contributed by atoms with E-state index in [1.165, 1.54) is 6.26 Å². The second kappa shape index (κ2) is 12.1. The van der Waals surface area contributed by atoms with Crippen molar-refractivity contribution in [2.45, 2.75) is 51.4 Å². The topological polar surface area (TPSA) is 128 Å². The van der Waals surface area contributed by atoms with Gasteiger partial charge in [-0.05, 0) is 36.7 Å². The molecule has 4 aromatic rings.